The third-order valence-corrected chi connectivity index (χ3v) is 10.5. The summed E-state index contributed by atoms with van der Waals surface area (Å²) >= 11 is 0. The van der Waals surface area contributed by atoms with E-state index in [9.17, 15) is 14.3 Å². The van der Waals surface area contributed by atoms with Gasteiger partial charge < -0.3 is 25.1 Å². The van der Waals surface area contributed by atoms with Crippen molar-refractivity contribution in [3.05, 3.63) is 47.7 Å². The van der Waals surface area contributed by atoms with E-state index in [4.69, 9.17) is 21.6 Å². The van der Waals surface area contributed by atoms with Gasteiger partial charge in [0.05, 0.1) is 34.8 Å². The number of nitrogens with zero attached hydrogens (tertiary/aromatic N) is 6. The predicted molar refractivity (Wildman–Crippen MR) is 184 cm³/mol. The quantitative estimate of drug-likeness (QED) is 0.200. The molecule has 4 fully saturated rings. The summed E-state index contributed by atoms with van der Waals surface area (Å²) in [6.07, 6.45) is 13.8. The SMILES string of the molecule is C#Cc1c(F)ccc2cc(O)cc(-c3ncc4c(N5CC6CC[C@@H](C5)N6C(=O)C=N)nc(OCC56CCCN5CCC6)nc4c3F)c12.CC. The Bertz CT molecular complexity index is 1990. The first-order valence-corrected chi connectivity index (χ1v) is 17.0. The van der Waals surface area contributed by atoms with E-state index >= 15 is 4.39 Å². The van der Waals surface area contributed by atoms with Gasteiger partial charge in [-0.05, 0) is 75.2 Å². The first kappa shape index (κ1) is 32.6. The standard InChI is InChI=1S/C35H33F2N7O3.C2H6/c1-2-24-27(36)8-5-20-13-23(45)14-25(29(20)24)31-30(37)32-26(16-39-31)33(42-17-21-6-7-22(18-42)44(21)28(46)15-38)41-34(40-32)47-19-35-9-3-11-43(35)12-4-10-35;1-2/h1,5,8,13-16,21-22,38,45H,3-4,6-7,9-12,17-19H2;1-2H3/t21-,22?;/m0./s1. The molecule has 0 radical (unpaired) electrons. The number of ether oxygens (including phenoxy) is 1. The number of fused-ring (bicyclic) bond motifs is 5. The lowest BCUT2D eigenvalue weighted by Crippen LogP contribution is -2.56. The Kier molecular flexibility index (Phi) is 8.57. The molecule has 12 heteroatoms. The summed E-state index contributed by atoms with van der Waals surface area (Å²) in [6.45, 7) is 7.33. The molecule has 1 amide bonds. The summed E-state index contributed by atoms with van der Waals surface area (Å²) in [6, 6.07) is 5.26. The Labute approximate surface area is 283 Å². The van der Waals surface area contributed by atoms with Crippen molar-refractivity contribution in [2.75, 3.05) is 37.7 Å². The lowest BCUT2D eigenvalue weighted by molar-refractivity contribution is -0.126. The molecule has 2 bridgehead atoms. The number of carbonyl (C=O) groups excluding carboxylic acids is 1. The number of phenolic OH excluding ortho intramolecular Hbond substituents is 1. The van der Waals surface area contributed by atoms with Gasteiger partial charge in [0.2, 0.25) is 0 Å². The number of halogens is 2. The van der Waals surface area contributed by atoms with Crippen LogP contribution in [0, 0.1) is 29.4 Å². The lowest BCUT2D eigenvalue weighted by Gasteiger charge is -2.41. The Hall–Kier alpha value is -4.89. The van der Waals surface area contributed by atoms with E-state index in [0.29, 0.717) is 36.3 Å². The molecule has 0 spiro atoms. The van der Waals surface area contributed by atoms with Crippen LogP contribution in [0.15, 0.2) is 30.5 Å². The maximum absolute atomic E-state index is 16.9. The van der Waals surface area contributed by atoms with E-state index in [0.717, 1.165) is 57.8 Å². The summed E-state index contributed by atoms with van der Waals surface area (Å²) in [5.74, 6) is 0.930. The molecule has 254 valence electrons. The van der Waals surface area contributed by atoms with Crippen LogP contribution in [0.1, 0.15) is 57.9 Å². The number of aromatic hydroxyl groups is 1. The fourth-order valence-electron chi connectivity index (χ4n) is 8.44. The van der Waals surface area contributed by atoms with E-state index < -0.39 is 11.6 Å². The summed E-state index contributed by atoms with van der Waals surface area (Å²) in [5, 5.41) is 19.1. The molecule has 49 heavy (non-hydrogen) atoms. The molecule has 10 nitrogen and oxygen atoms in total. The molecule has 8 rings (SSSR count). The van der Waals surface area contributed by atoms with Crippen molar-refractivity contribution in [1.29, 1.82) is 5.41 Å². The Morgan fingerprint density at radius 1 is 1.14 bits per heavy atom. The molecule has 2 atom stereocenters. The predicted octanol–water partition coefficient (Wildman–Crippen LogP) is 5.67. The summed E-state index contributed by atoms with van der Waals surface area (Å²) < 4.78 is 38.1. The average Bonchev–Trinajstić information content (AvgIpc) is 3.78. The van der Waals surface area contributed by atoms with Crippen LogP contribution in [0.25, 0.3) is 32.9 Å². The third kappa shape index (κ3) is 5.40. The van der Waals surface area contributed by atoms with Crippen LogP contribution in [0.4, 0.5) is 14.6 Å². The number of aromatic nitrogens is 3. The molecular formula is C37H39F2N7O3. The second kappa shape index (κ2) is 12.9. The molecular weight excluding hydrogens is 628 g/mol. The number of amides is 1. The Balaban J connectivity index is 0.00000186. The largest absolute Gasteiger partial charge is 0.508 e. The Morgan fingerprint density at radius 3 is 2.53 bits per heavy atom. The number of nitrogens with one attached hydrogen (secondary N) is 1. The van der Waals surface area contributed by atoms with E-state index in [2.05, 4.69) is 20.8 Å². The van der Waals surface area contributed by atoms with Crippen LogP contribution >= 0.6 is 0 Å². The van der Waals surface area contributed by atoms with Crippen molar-refractivity contribution in [3.8, 4) is 35.4 Å². The van der Waals surface area contributed by atoms with E-state index in [-0.39, 0.29) is 63.0 Å². The highest BCUT2D eigenvalue weighted by atomic mass is 19.1. The maximum atomic E-state index is 16.9. The smallest absolute Gasteiger partial charge is 0.319 e. The normalized spacial score (nSPS) is 21.0. The van der Waals surface area contributed by atoms with Crippen LogP contribution in [0.2, 0.25) is 0 Å². The number of benzene rings is 2. The molecule has 2 N–H and O–H groups in total. The fourth-order valence-corrected chi connectivity index (χ4v) is 8.44. The van der Waals surface area contributed by atoms with Crippen LogP contribution in [0.5, 0.6) is 11.8 Å². The van der Waals surface area contributed by atoms with Crippen LogP contribution in [-0.2, 0) is 4.79 Å². The number of piperazine rings is 1. The minimum atomic E-state index is -0.780. The van der Waals surface area contributed by atoms with Gasteiger partial charge >= 0.3 is 6.01 Å². The molecule has 4 aliphatic heterocycles. The monoisotopic (exact) mass is 667 g/mol. The molecule has 4 saturated heterocycles. The zero-order valence-corrected chi connectivity index (χ0v) is 27.7. The zero-order valence-electron chi connectivity index (χ0n) is 27.7. The number of hydrogen-bond donors (Lipinski definition) is 2. The van der Waals surface area contributed by atoms with E-state index in [1.807, 2.05) is 18.7 Å². The Morgan fingerprint density at radius 2 is 1.86 bits per heavy atom. The van der Waals surface area contributed by atoms with Gasteiger partial charge in [-0.25, -0.2) is 8.78 Å². The maximum Gasteiger partial charge on any atom is 0.319 e. The number of terminal acetylenes is 1. The number of carbonyl (C=O) groups is 1. The van der Waals surface area contributed by atoms with Crippen molar-refractivity contribution in [3.63, 3.8) is 0 Å². The van der Waals surface area contributed by atoms with Gasteiger partial charge in [0.15, 0.2) is 5.82 Å². The first-order valence-electron chi connectivity index (χ1n) is 17.0. The minimum absolute atomic E-state index is 0.0253. The van der Waals surface area contributed by atoms with E-state index in [1.54, 1.807) is 4.90 Å². The average molecular weight is 668 g/mol. The van der Waals surface area contributed by atoms with Crippen LogP contribution < -0.4 is 9.64 Å². The van der Waals surface area contributed by atoms with E-state index in [1.165, 1.54) is 30.5 Å². The first-order chi connectivity index (χ1) is 23.8. The lowest BCUT2D eigenvalue weighted by atomic mass is 9.95. The number of pyridine rings is 1. The van der Waals surface area contributed by atoms with Crippen LogP contribution in [0.3, 0.4) is 0 Å². The minimum Gasteiger partial charge on any atom is -0.508 e. The van der Waals surface area contributed by atoms with Gasteiger partial charge in [-0.1, -0.05) is 25.8 Å². The highest BCUT2D eigenvalue weighted by Gasteiger charge is 2.46. The van der Waals surface area contributed by atoms with Crippen molar-refractivity contribution < 1.29 is 23.4 Å². The van der Waals surface area contributed by atoms with Gasteiger partial charge in [-0.3, -0.25) is 14.7 Å². The highest BCUT2D eigenvalue weighted by Crippen LogP contribution is 2.42. The topological polar surface area (TPSA) is 119 Å². The molecule has 1 unspecified atom stereocenters. The van der Waals surface area contributed by atoms with Gasteiger partial charge in [0.1, 0.15) is 35.2 Å². The molecule has 4 aliphatic rings. The fraction of sp³-hybridized carbons (Fsp3) is 0.432. The van der Waals surface area contributed by atoms with Crippen molar-refractivity contribution in [2.24, 2.45) is 0 Å². The van der Waals surface area contributed by atoms with Crippen LogP contribution in [-0.4, -0.2) is 92.4 Å². The molecule has 2 aromatic heterocycles. The second-order valence-electron chi connectivity index (χ2n) is 13.1. The molecule has 4 aromatic rings. The van der Waals surface area contributed by atoms with Gasteiger partial charge in [0, 0.05) is 30.2 Å². The molecule has 0 aliphatic carbocycles. The molecule has 0 saturated carbocycles. The van der Waals surface area contributed by atoms with Gasteiger partial charge in [-0.2, -0.15) is 9.97 Å². The summed E-state index contributed by atoms with van der Waals surface area (Å²) in [4.78, 5) is 32.7. The number of hydrogen-bond acceptors (Lipinski definition) is 9. The number of rotatable bonds is 6. The van der Waals surface area contributed by atoms with Crippen molar-refractivity contribution in [2.45, 2.75) is 70.0 Å². The van der Waals surface area contributed by atoms with Gasteiger partial charge in [0.25, 0.3) is 5.91 Å². The number of anilines is 1. The molecule has 2 aromatic carbocycles. The zero-order chi connectivity index (χ0) is 34.4. The molecule has 6 heterocycles. The second-order valence-corrected chi connectivity index (χ2v) is 13.1. The number of phenols is 1. The van der Waals surface area contributed by atoms with Crippen molar-refractivity contribution >= 4 is 39.6 Å². The van der Waals surface area contributed by atoms with Gasteiger partial charge in [-0.15, -0.1) is 6.42 Å². The summed E-state index contributed by atoms with van der Waals surface area (Å²) in [5.41, 5.74) is -0.181. The highest BCUT2D eigenvalue weighted by molar-refractivity contribution is 6.25. The third-order valence-electron chi connectivity index (χ3n) is 10.5. The summed E-state index contributed by atoms with van der Waals surface area (Å²) in [7, 11) is 0. The van der Waals surface area contributed by atoms with Crippen molar-refractivity contribution in [1.82, 2.24) is 24.8 Å².